The lowest BCUT2D eigenvalue weighted by atomic mass is 10.3. The molecule has 0 aliphatic heterocycles. The molecule has 0 saturated carbocycles. The first-order chi connectivity index (χ1) is 7.77. The van der Waals surface area contributed by atoms with Gasteiger partial charge < -0.3 is 10.1 Å². The third kappa shape index (κ3) is 1.56. The number of ether oxygens (including phenoxy) is 1. The van der Waals surface area contributed by atoms with Crippen molar-refractivity contribution >= 4 is 5.82 Å². The molecule has 2 aromatic heterocycles. The maximum atomic E-state index is 5.29. The SMILES string of the molecule is CNc1ncnc(-c2cnnn2C)c1OC. The minimum absolute atomic E-state index is 0.579. The van der Waals surface area contributed by atoms with E-state index in [0.717, 1.165) is 5.69 Å². The van der Waals surface area contributed by atoms with E-state index in [1.54, 1.807) is 32.1 Å². The molecule has 84 valence electrons. The van der Waals surface area contributed by atoms with Crippen molar-refractivity contribution in [2.75, 3.05) is 19.5 Å². The minimum Gasteiger partial charge on any atom is -0.491 e. The quantitative estimate of drug-likeness (QED) is 0.802. The molecule has 2 aromatic rings. The first kappa shape index (κ1) is 10.3. The third-order valence-electron chi connectivity index (χ3n) is 2.20. The van der Waals surface area contributed by atoms with Crippen LogP contribution in [0.2, 0.25) is 0 Å². The first-order valence-electron chi connectivity index (χ1n) is 4.69. The molecule has 2 rings (SSSR count). The molecular formula is C9H12N6O. The summed E-state index contributed by atoms with van der Waals surface area (Å²) in [6, 6.07) is 0. The molecule has 0 aliphatic rings. The fourth-order valence-corrected chi connectivity index (χ4v) is 1.43. The van der Waals surface area contributed by atoms with Gasteiger partial charge in [0, 0.05) is 14.1 Å². The predicted molar refractivity (Wildman–Crippen MR) is 58.1 cm³/mol. The average molecular weight is 220 g/mol. The van der Waals surface area contributed by atoms with E-state index in [0.29, 0.717) is 17.3 Å². The van der Waals surface area contributed by atoms with Gasteiger partial charge in [0.2, 0.25) is 0 Å². The van der Waals surface area contributed by atoms with Crippen molar-refractivity contribution in [3.05, 3.63) is 12.5 Å². The molecule has 0 bridgehead atoms. The van der Waals surface area contributed by atoms with Gasteiger partial charge in [-0.2, -0.15) is 0 Å². The summed E-state index contributed by atoms with van der Waals surface area (Å²) in [5, 5.41) is 10.6. The van der Waals surface area contributed by atoms with Gasteiger partial charge in [-0.15, -0.1) is 5.10 Å². The molecule has 16 heavy (non-hydrogen) atoms. The number of nitrogens with zero attached hydrogens (tertiary/aromatic N) is 5. The van der Waals surface area contributed by atoms with Gasteiger partial charge >= 0.3 is 0 Å². The van der Waals surface area contributed by atoms with Gasteiger partial charge in [0.15, 0.2) is 11.6 Å². The highest BCUT2D eigenvalue weighted by molar-refractivity contribution is 5.69. The Labute approximate surface area is 92.5 Å². The summed E-state index contributed by atoms with van der Waals surface area (Å²) in [7, 11) is 5.14. The lowest BCUT2D eigenvalue weighted by Gasteiger charge is -2.10. The molecule has 0 unspecified atom stereocenters. The Morgan fingerprint density at radius 1 is 1.38 bits per heavy atom. The third-order valence-corrected chi connectivity index (χ3v) is 2.20. The molecule has 7 nitrogen and oxygen atoms in total. The Morgan fingerprint density at radius 3 is 2.75 bits per heavy atom. The summed E-state index contributed by atoms with van der Waals surface area (Å²) in [5.74, 6) is 1.21. The Bertz CT molecular complexity index is 494. The number of rotatable bonds is 3. The van der Waals surface area contributed by atoms with Gasteiger partial charge in [-0.25, -0.2) is 14.6 Å². The van der Waals surface area contributed by atoms with Crippen LogP contribution in [0, 0.1) is 0 Å². The van der Waals surface area contributed by atoms with Crippen molar-refractivity contribution in [1.29, 1.82) is 0 Å². The van der Waals surface area contributed by atoms with E-state index in [2.05, 4.69) is 25.6 Å². The smallest absolute Gasteiger partial charge is 0.189 e. The fourth-order valence-electron chi connectivity index (χ4n) is 1.43. The predicted octanol–water partition coefficient (Wildman–Crippen LogP) is 0.322. The summed E-state index contributed by atoms with van der Waals surface area (Å²) in [5.41, 5.74) is 1.44. The number of anilines is 1. The lowest BCUT2D eigenvalue weighted by Crippen LogP contribution is -2.03. The standard InChI is InChI=1S/C9H12N6O/c1-10-9-8(16-3)7(11-5-12-9)6-4-13-14-15(6)2/h4-5H,1-3H3,(H,10,11,12). The fraction of sp³-hybridized carbons (Fsp3) is 0.333. The first-order valence-corrected chi connectivity index (χ1v) is 4.69. The van der Waals surface area contributed by atoms with Gasteiger partial charge in [0.25, 0.3) is 0 Å². The highest BCUT2D eigenvalue weighted by atomic mass is 16.5. The Kier molecular flexibility index (Phi) is 2.67. The normalized spacial score (nSPS) is 10.2. The van der Waals surface area contributed by atoms with Crippen molar-refractivity contribution in [2.24, 2.45) is 7.05 Å². The molecule has 0 fully saturated rings. The number of hydrogen-bond acceptors (Lipinski definition) is 6. The highest BCUT2D eigenvalue weighted by Gasteiger charge is 2.15. The van der Waals surface area contributed by atoms with Crippen molar-refractivity contribution < 1.29 is 4.74 Å². The van der Waals surface area contributed by atoms with Crippen LogP contribution >= 0.6 is 0 Å². The van der Waals surface area contributed by atoms with Gasteiger partial charge in [-0.1, -0.05) is 5.21 Å². The molecule has 0 aliphatic carbocycles. The van der Waals surface area contributed by atoms with Gasteiger partial charge in [0.05, 0.1) is 13.3 Å². The molecule has 0 saturated heterocycles. The number of methoxy groups -OCH3 is 1. The molecule has 0 amide bonds. The number of hydrogen-bond donors (Lipinski definition) is 1. The molecule has 0 aromatic carbocycles. The summed E-state index contributed by atoms with van der Waals surface area (Å²) in [6.45, 7) is 0. The van der Waals surface area contributed by atoms with E-state index in [-0.39, 0.29) is 0 Å². The van der Waals surface area contributed by atoms with E-state index in [1.807, 2.05) is 0 Å². The molecule has 0 spiro atoms. The maximum absolute atomic E-state index is 5.29. The monoisotopic (exact) mass is 220 g/mol. The van der Waals surface area contributed by atoms with Crippen LogP contribution in [0.25, 0.3) is 11.4 Å². The molecular weight excluding hydrogens is 208 g/mol. The van der Waals surface area contributed by atoms with Crippen LogP contribution in [0.15, 0.2) is 12.5 Å². The van der Waals surface area contributed by atoms with Crippen molar-refractivity contribution in [3.63, 3.8) is 0 Å². The summed E-state index contributed by atoms with van der Waals surface area (Å²) in [6.07, 6.45) is 3.10. The molecule has 7 heteroatoms. The maximum Gasteiger partial charge on any atom is 0.189 e. The second-order valence-electron chi connectivity index (χ2n) is 3.10. The zero-order valence-electron chi connectivity index (χ0n) is 9.30. The van der Waals surface area contributed by atoms with E-state index in [4.69, 9.17) is 4.74 Å². The van der Waals surface area contributed by atoms with Crippen LogP contribution < -0.4 is 10.1 Å². The van der Waals surface area contributed by atoms with Crippen molar-refractivity contribution in [2.45, 2.75) is 0 Å². The number of aromatic nitrogens is 5. The Hall–Kier alpha value is -2.18. The van der Waals surface area contributed by atoms with E-state index in [1.165, 1.54) is 6.33 Å². The number of aryl methyl sites for hydroxylation is 1. The zero-order valence-corrected chi connectivity index (χ0v) is 9.30. The van der Waals surface area contributed by atoms with E-state index >= 15 is 0 Å². The van der Waals surface area contributed by atoms with Crippen molar-refractivity contribution in [1.82, 2.24) is 25.0 Å². The second kappa shape index (κ2) is 4.13. The van der Waals surface area contributed by atoms with Crippen LogP contribution in [-0.2, 0) is 7.05 Å². The van der Waals surface area contributed by atoms with Gasteiger partial charge in [0.1, 0.15) is 17.7 Å². The van der Waals surface area contributed by atoms with E-state index < -0.39 is 0 Å². The lowest BCUT2D eigenvalue weighted by molar-refractivity contribution is 0.414. The molecule has 1 N–H and O–H groups in total. The summed E-state index contributed by atoms with van der Waals surface area (Å²) < 4.78 is 6.92. The highest BCUT2D eigenvalue weighted by Crippen LogP contribution is 2.31. The second-order valence-corrected chi connectivity index (χ2v) is 3.10. The van der Waals surface area contributed by atoms with Crippen LogP contribution in [-0.4, -0.2) is 39.1 Å². The molecule has 2 heterocycles. The minimum atomic E-state index is 0.579. The summed E-state index contributed by atoms with van der Waals surface area (Å²) in [4.78, 5) is 8.26. The van der Waals surface area contributed by atoms with Crippen LogP contribution in [0.4, 0.5) is 5.82 Å². The van der Waals surface area contributed by atoms with Crippen LogP contribution in [0.5, 0.6) is 5.75 Å². The number of nitrogens with one attached hydrogen (secondary N) is 1. The van der Waals surface area contributed by atoms with Gasteiger partial charge in [-0.3, -0.25) is 0 Å². The van der Waals surface area contributed by atoms with Crippen LogP contribution in [0.1, 0.15) is 0 Å². The Morgan fingerprint density at radius 2 is 2.19 bits per heavy atom. The topological polar surface area (TPSA) is 77.8 Å². The van der Waals surface area contributed by atoms with Crippen LogP contribution in [0.3, 0.4) is 0 Å². The molecule has 0 radical (unpaired) electrons. The van der Waals surface area contributed by atoms with Gasteiger partial charge in [-0.05, 0) is 0 Å². The van der Waals surface area contributed by atoms with Crippen molar-refractivity contribution in [3.8, 4) is 17.1 Å². The van der Waals surface area contributed by atoms with E-state index in [9.17, 15) is 0 Å². The largest absolute Gasteiger partial charge is 0.491 e. The Balaban J connectivity index is 2.61. The molecule has 0 atom stereocenters. The summed E-state index contributed by atoms with van der Waals surface area (Å²) >= 11 is 0. The average Bonchev–Trinajstić information content (AvgIpc) is 2.74. The zero-order chi connectivity index (χ0) is 11.5.